The molecule has 0 unspecified atom stereocenters. The predicted molar refractivity (Wildman–Crippen MR) is 77.7 cm³/mol. The zero-order chi connectivity index (χ0) is 14.0. The Labute approximate surface area is 113 Å². The molecule has 0 N–H and O–H groups in total. The van der Waals surface area contributed by atoms with Crippen molar-refractivity contribution in [3.05, 3.63) is 0 Å². The summed E-state index contributed by atoms with van der Waals surface area (Å²) in [5.74, 6) is 1.25. The molecule has 106 valence electrons. The van der Waals surface area contributed by atoms with Gasteiger partial charge in [-0.2, -0.15) is 0 Å². The largest absolute Gasteiger partial charge is 0.298 e. The maximum atomic E-state index is 12.7. The lowest BCUT2D eigenvalue weighted by Gasteiger charge is -2.43. The Morgan fingerprint density at radius 3 is 2.11 bits per heavy atom. The van der Waals surface area contributed by atoms with Crippen LogP contribution in [0.1, 0.15) is 66.2 Å². The van der Waals surface area contributed by atoms with Gasteiger partial charge in [0.05, 0.1) is 5.54 Å². The standard InChI is InChI=1S/C16H31NO/c1-13-7-11-16(12-8-13,17(5)6)14(18)9-10-15(2,3)4/h13H,7-12H2,1-6H3. The van der Waals surface area contributed by atoms with Crippen LogP contribution in [0.2, 0.25) is 0 Å². The number of carbonyl (C=O) groups excluding carboxylic acids is 1. The number of ketones is 1. The van der Waals surface area contributed by atoms with Crippen molar-refractivity contribution in [3.63, 3.8) is 0 Å². The van der Waals surface area contributed by atoms with Crippen molar-refractivity contribution in [2.24, 2.45) is 11.3 Å². The number of rotatable bonds is 4. The first-order chi connectivity index (χ1) is 8.17. The number of hydrogen-bond donors (Lipinski definition) is 0. The second-order valence-corrected chi connectivity index (χ2v) is 7.59. The molecule has 18 heavy (non-hydrogen) atoms. The molecule has 1 fully saturated rings. The van der Waals surface area contributed by atoms with Gasteiger partial charge in [-0.3, -0.25) is 9.69 Å². The summed E-state index contributed by atoms with van der Waals surface area (Å²) in [6.45, 7) is 8.95. The molecule has 0 aliphatic heterocycles. The molecule has 1 aliphatic carbocycles. The first-order valence-electron chi connectivity index (χ1n) is 7.38. The monoisotopic (exact) mass is 253 g/mol. The highest BCUT2D eigenvalue weighted by Gasteiger charge is 2.42. The molecule has 0 bridgehead atoms. The summed E-state index contributed by atoms with van der Waals surface area (Å²) >= 11 is 0. The van der Waals surface area contributed by atoms with Crippen LogP contribution in [-0.2, 0) is 4.79 Å². The summed E-state index contributed by atoms with van der Waals surface area (Å²) in [7, 11) is 4.15. The Bertz CT molecular complexity index is 280. The summed E-state index contributed by atoms with van der Waals surface area (Å²) in [6.07, 6.45) is 6.21. The smallest absolute Gasteiger partial charge is 0.153 e. The van der Waals surface area contributed by atoms with E-state index in [0.717, 1.165) is 31.6 Å². The van der Waals surface area contributed by atoms with Crippen LogP contribution in [0, 0.1) is 11.3 Å². The van der Waals surface area contributed by atoms with Gasteiger partial charge < -0.3 is 0 Å². The molecule has 0 spiro atoms. The summed E-state index contributed by atoms with van der Waals surface area (Å²) in [6, 6.07) is 0. The van der Waals surface area contributed by atoms with Gasteiger partial charge in [0.1, 0.15) is 0 Å². The summed E-state index contributed by atoms with van der Waals surface area (Å²) in [5, 5.41) is 0. The minimum atomic E-state index is -0.169. The highest BCUT2D eigenvalue weighted by atomic mass is 16.1. The zero-order valence-electron chi connectivity index (χ0n) is 13.2. The van der Waals surface area contributed by atoms with E-state index in [1.54, 1.807) is 0 Å². The Hall–Kier alpha value is -0.370. The van der Waals surface area contributed by atoms with Crippen LogP contribution in [-0.4, -0.2) is 30.3 Å². The molecule has 0 amide bonds. The minimum absolute atomic E-state index is 0.169. The molecule has 1 saturated carbocycles. The molecule has 0 aromatic carbocycles. The third kappa shape index (κ3) is 3.81. The normalized spacial score (nSPS) is 29.6. The van der Waals surface area contributed by atoms with E-state index in [1.807, 2.05) is 0 Å². The van der Waals surface area contributed by atoms with E-state index >= 15 is 0 Å². The third-order valence-corrected chi connectivity index (χ3v) is 4.58. The first kappa shape index (κ1) is 15.7. The molecule has 0 atom stereocenters. The van der Waals surface area contributed by atoms with E-state index in [2.05, 4.69) is 46.7 Å². The van der Waals surface area contributed by atoms with Crippen LogP contribution < -0.4 is 0 Å². The zero-order valence-corrected chi connectivity index (χ0v) is 13.2. The maximum absolute atomic E-state index is 12.7. The second kappa shape index (κ2) is 5.73. The Kier molecular flexibility index (Phi) is 4.99. The van der Waals surface area contributed by atoms with Gasteiger partial charge in [0.25, 0.3) is 0 Å². The van der Waals surface area contributed by atoms with Gasteiger partial charge in [-0.1, -0.05) is 27.7 Å². The van der Waals surface area contributed by atoms with Crippen molar-refractivity contribution >= 4 is 5.78 Å². The molecule has 0 aromatic rings. The van der Waals surface area contributed by atoms with E-state index < -0.39 is 0 Å². The fourth-order valence-electron chi connectivity index (χ4n) is 2.94. The average molecular weight is 253 g/mol. The van der Waals surface area contributed by atoms with Gasteiger partial charge in [-0.25, -0.2) is 0 Å². The van der Waals surface area contributed by atoms with E-state index in [9.17, 15) is 4.79 Å². The number of hydrogen-bond acceptors (Lipinski definition) is 2. The number of Topliss-reactive ketones (excluding diaryl/α,β-unsaturated/α-hetero) is 1. The molecule has 0 saturated heterocycles. The molecule has 0 heterocycles. The molecular weight excluding hydrogens is 222 g/mol. The minimum Gasteiger partial charge on any atom is -0.298 e. The number of likely N-dealkylation sites (N-methyl/N-ethyl adjacent to an activating group) is 1. The molecule has 1 aliphatic rings. The van der Waals surface area contributed by atoms with Crippen molar-refractivity contribution in [2.45, 2.75) is 71.8 Å². The van der Waals surface area contributed by atoms with Crippen molar-refractivity contribution in [1.82, 2.24) is 4.90 Å². The highest BCUT2D eigenvalue weighted by Crippen LogP contribution is 2.37. The molecule has 2 heteroatoms. The quantitative estimate of drug-likeness (QED) is 0.757. The van der Waals surface area contributed by atoms with Crippen LogP contribution in [0.15, 0.2) is 0 Å². The van der Waals surface area contributed by atoms with Crippen LogP contribution in [0.5, 0.6) is 0 Å². The fraction of sp³-hybridized carbons (Fsp3) is 0.938. The van der Waals surface area contributed by atoms with Gasteiger partial charge in [0.15, 0.2) is 5.78 Å². The third-order valence-electron chi connectivity index (χ3n) is 4.58. The van der Waals surface area contributed by atoms with Crippen LogP contribution in [0.3, 0.4) is 0 Å². The van der Waals surface area contributed by atoms with Gasteiger partial charge in [0, 0.05) is 6.42 Å². The van der Waals surface area contributed by atoms with E-state index in [-0.39, 0.29) is 11.0 Å². The molecule has 0 aromatic heterocycles. The first-order valence-corrected chi connectivity index (χ1v) is 7.38. The van der Waals surface area contributed by atoms with Crippen molar-refractivity contribution in [1.29, 1.82) is 0 Å². The van der Waals surface area contributed by atoms with Crippen molar-refractivity contribution in [2.75, 3.05) is 14.1 Å². The number of nitrogens with zero attached hydrogens (tertiary/aromatic N) is 1. The fourth-order valence-corrected chi connectivity index (χ4v) is 2.94. The van der Waals surface area contributed by atoms with Crippen LogP contribution in [0.4, 0.5) is 0 Å². The molecule has 2 nitrogen and oxygen atoms in total. The van der Waals surface area contributed by atoms with E-state index in [4.69, 9.17) is 0 Å². The SMILES string of the molecule is CC1CCC(C(=O)CCC(C)(C)C)(N(C)C)CC1. The lowest BCUT2D eigenvalue weighted by atomic mass is 9.72. The van der Waals surface area contributed by atoms with Gasteiger partial charge in [-0.15, -0.1) is 0 Å². The van der Waals surface area contributed by atoms with Crippen molar-refractivity contribution in [3.8, 4) is 0 Å². The Morgan fingerprint density at radius 1 is 1.22 bits per heavy atom. The second-order valence-electron chi connectivity index (χ2n) is 7.59. The Balaban J connectivity index is 2.70. The van der Waals surface area contributed by atoms with Gasteiger partial charge >= 0.3 is 0 Å². The van der Waals surface area contributed by atoms with Crippen LogP contribution in [0.25, 0.3) is 0 Å². The molecular formula is C16H31NO. The topological polar surface area (TPSA) is 20.3 Å². The summed E-state index contributed by atoms with van der Waals surface area (Å²) in [4.78, 5) is 14.9. The number of carbonyl (C=O) groups is 1. The summed E-state index contributed by atoms with van der Waals surface area (Å²) in [5.41, 5.74) is 0.0862. The van der Waals surface area contributed by atoms with E-state index in [1.165, 1.54) is 12.8 Å². The van der Waals surface area contributed by atoms with E-state index in [0.29, 0.717) is 5.78 Å². The highest BCUT2D eigenvalue weighted by molar-refractivity contribution is 5.88. The summed E-state index contributed by atoms with van der Waals surface area (Å²) < 4.78 is 0. The lowest BCUT2D eigenvalue weighted by Crippen LogP contribution is -2.53. The van der Waals surface area contributed by atoms with Crippen molar-refractivity contribution < 1.29 is 4.79 Å². The maximum Gasteiger partial charge on any atom is 0.153 e. The Morgan fingerprint density at radius 2 is 1.72 bits per heavy atom. The van der Waals surface area contributed by atoms with Gasteiger partial charge in [-0.05, 0) is 57.5 Å². The predicted octanol–water partition coefficient (Wildman–Crippen LogP) is 3.89. The molecule has 0 radical (unpaired) electrons. The van der Waals surface area contributed by atoms with Crippen LogP contribution >= 0.6 is 0 Å². The molecule has 1 rings (SSSR count). The van der Waals surface area contributed by atoms with Gasteiger partial charge in [0.2, 0.25) is 0 Å². The lowest BCUT2D eigenvalue weighted by molar-refractivity contribution is -0.133. The average Bonchev–Trinajstić information content (AvgIpc) is 2.26.